The van der Waals surface area contributed by atoms with E-state index in [-0.39, 0.29) is 17.9 Å². The molecule has 0 bridgehead atoms. The Morgan fingerprint density at radius 3 is 2.07 bits per heavy atom. The van der Waals surface area contributed by atoms with E-state index in [1.54, 1.807) is 7.11 Å². The first kappa shape index (κ1) is 22.0. The third kappa shape index (κ3) is 7.05. The molecule has 1 atom stereocenters. The number of β-amino-alcohol motifs (C(OH)–C–C–N with tert-alkyl or cyclic N) is 1. The van der Waals surface area contributed by atoms with Crippen LogP contribution in [0.2, 0.25) is 0 Å². The average molecular weight is 397 g/mol. The highest BCUT2D eigenvalue weighted by molar-refractivity contribution is 5.29. The molecule has 0 spiro atoms. The van der Waals surface area contributed by atoms with Crippen LogP contribution in [0.1, 0.15) is 25.0 Å². The van der Waals surface area contributed by atoms with Gasteiger partial charge in [0.1, 0.15) is 24.2 Å². The minimum absolute atomic E-state index is 0.0169. The first-order chi connectivity index (χ1) is 13.1. The van der Waals surface area contributed by atoms with E-state index >= 15 is 0 Å². The number of aliphatic hydroxyl groups is 1. The highest BCUT2D eigenvalue weighted by Crippen LogP contribution is 2.30. The molecule has 0 aliphatic rings. The molecule has 2 aromatic carbocycles. The predicted octanol–water partition coefficient (Wildman–Crippen LogP) is 4.06. The van der Waals surface area contributed by atoms with Gasteiger partial charge in [-0.1, -0.05) is 12.1 Å². The summed E-state index contributed by atoms with van der Waals surface area (Å²) >= 11 is 0. The van der Waals surface area contributed by atoms with E-state index < -0.39 is 17.8 Å². The van der Waals surface area contributed by atoms with Crippen LogP contribution in [0.25, 0.3) is 0 Å². The van der Waals surface area contributed by atoms with Crippen molar-refractivity contribution in [3.63, 3.8) is 0 Å². The van der Waals surface area contributed by atoms with Gasteiger partial charge in [-0.05, 0) is 62.2 Å². The first-order valence-electron chi connectivity index (χ1n) is 8.95. The summed E-state index contributed by atoms with van der Waals surface area (Å²) in [5, 5.41) is 13.4. The topological polar surface area (TPSA) is 50.7 Å². The van der Waals surface area contributed by atoms with Crippen molar-refractivity contribution < 1.29 is 27.8 Å². The van der Waals surface area contributed by atoms with Crippen molar-refractivity contribution in [3.05, 3.63) is 59.7 Å². The van der Waals surface area contributed by atoms with Gasteiger partial charge in [0.25, 0.3) is 0 Å². The van der Waals surface area contributed by atoms with Gasteiger partial charge < -0.3 is 19.9 Å². The van der Waals surface area contributed by atoms with Crippen LogP contribution in [-0.4, -0.2) is 37.0 Å². The van der Waals surface area contributed by atoms with Crippen LogP contribution in [0, 0.1) is 0 Å². The molecule has 0 aliphatic carbocycles. The molecule has 4 nitrogen and oxygen atoms in total. The minimum Gasteiger partial charge on any atom is -0.497 e. The van der Waals surface area contributed by atoms with E-state index in [0.717, 1.165) is 29.9 Å². The molecule has 7 heteroatoms. The Kier molecular flexibility index (Phi) is 7.32. The summed E-state index contributed by atoms with van der Waals surface area (Å²) in [6.45, 7) is 4.34. The van der Waals surface area contributed by atoms with Gasteiger partial charge in [0.2, 0.25) is 0 Å². The van der Waals surface area contributed by atoms with Crippen LogP contribution in [-0.2, 0) is 12.6 Å². The Hall–Kier alpha value is -2.25. The van der Waals surface area contributed by atoms with Crippen LogP contribution < -0.4 is 14.8 Å². The molecule has 1 unspecified atom stereocenters. The van der Waals surface area contributed by atoms with Gasteiger partial charge >= 0.3 is 6.18 Å². The fourth-order valence-electron chi connectivity index (χ4n) is 2.70. The number of nitrogens with one attached hydrogen (secondary N) is 1. The Morgan fingerprint density at radius 2 is 1.54 bits per heavy atom. The number of halogens is 3. The average Bonchev–Trinajstić information content (AvgIpc) is 2.65. The third-order valence-electron chi connectivity index (χ3n) is 4.25. The van der Waals surface area contributed by atoms with Crippen molar-refractivity contribution in [2.24, 2.45) is 0 Å². The van der Waals surface area contributed by atoms with E-state index in [1.807, 2.05) is 38.1 Å². The summed E-state index contributed by atoms with van der Waals surface area (Å²) < 4.78 is 48.2. The van der Waals surface area contributed by atoms with Gasteiger partial charge in [-0.3, -0.25) is 0 Å². The number of alkyl halides is 3. The highest BCUT2D eigenvalue weighted by atomic mass is 19.4. The second kappa shape index (κ2) is 9.30. The monoisotopic (exact) mass is 397 g/mol. The van der Waals surface area contributed by atoms with Crippen LogP contribution in [0.15, 0.2) is 48.5 Å². The molecule has 0 radical (unpaired) electrons. The molecule has 2 N–H and O–H groups in total. The number of benzene rings is 2. The quantitative estimate of drug-likeness (QED) is 0.670. The molecular formula is C21H26F3NO3. The van der Waals surface area contributed by atoms with Crippen molar-refractivity contribution in [2.75, 3.05) is 20.3 Å². The molecule has 0 amide bonds. The van der Waals surface area contributed by atoms with Crippen LogP contribution in [0.4, 0.5) is 13.2 Å². The van der Waals surface area contributed by atoms with E-state index in [2.05, 4.69) is 5.32 Å². The van der Waals surface area contributed by atoms with E-state index in [9.17, 15) is 18.3 Å². The molecule has 0 fully saturated rings. The molecule has 0 heterocycles. The second-order valence-electron chi connectivity index (χ2n) is 7.28. The number of rotatable bonds is 9. The lowest BCUT2D eigenvalue weighted by molar-refractivity contribution is -0.137. The van der Waals surface area contributed by atoms with Gasteiger partial charge in [-0.2, -0.15) is 13.2 Å². The number of ether oxygens (including phenoxy) is 2. The number of hydrogen-bond donors (Lipinski definition) is 2. The predicted molar refractivity (Wildman–Crippen MR) is 102 cm³/mol. The first-order valence-corrected chi connectivity index (χ1v) is 8.95. The molecular weight excluding hydrogens is 371 g/mol. The number of methoxy groups -OCH3 is 1. The van der Waals surface area contributed by atoms with Gasteiger partial charge in [0.15, 0.2) is 0 Å². The molecule has 28 heavy (non-hydrogen) atoms. The zero-order valence-corrected chi connectivity index (χ0v) is 16.2. The zero-order chi connectivity index (χ0) is 20.8. The molecule has 2 rings (SSSR count). The summed E-state index contributed by atoms with van der Waals surface area (Å²) in [6, 6.07) is 12.2. The number of hydrogen-bond acceptors (Lipinski definition) is 4. The number of aliphatic hydroxyl groups excluding tert-OH is 1. The third-order valence-corrected chi connectivity index (χ3v) is 4.25. The smallest absolute Gasteiger partial charge is 0.416 e. The van der Waals surface area contributed by atoms with Gasteiger partial charge in [0, 0.05) is 12.1 Å². The molecule has 0 saturated heterocycles. The maximum absolute atomic E-state index is 12.5. The zero-order valence-electron chi connectivity index (χ0n) is 16.2. The van der Waals surface area contributed by atoms with E-state index in [4.69, 9.17) is 9.47 Å². The van der Waals surface area contributed by atoms with Crippen LogP contribution >= 0.6 is 0 Å². The largest absolute Gasteiger partial charge is 0.497 e. The lowest BCUT2D eigenvalue weighted by Gasteiger charge is -2.28. The maximum Gasteiger partial charge on any atom is 0.416 e. The minimum atomic E-state index is -4.38. The molecule has 154 valence electrons. The SMILES string of the molecule is COc1ccc(CC(C)(C)NCC(O)COc2ccc(C(F)(F)F)cc2)cc1. The summed E-state index contributed by atoms with van der Waals surface area (Å²) in [5.41, 5.74) is 0.139. The van der Waals surface area contributed by atoms with Gasteiger partial charge in [0.05, 0.1) is 12.7 Å². The lowest BCUT2D eigenvalue weighted by Crippen LogP contribution is -2.46. The summed E-state index contributed by atoms with van der Waals surface area (Å²) in [5.74, 6) is 1.08. The van der Waals surface area contributed by atoms with Crippen LogP contribution in [0.3, 0.4) is 0 Å². The highest BCUT2D eigenvalue weighted by Gasteiger charge is 2.30. The van der Waals surface area contributed by atoms with Crippen molar-refractivity contribution in [3.8, 4) is 11.5 Å². The molecule has 0 aromatic heterocycles. The lowest BCUT2D eigenvalue weighted by atomic mass is 9.94. The Labute approximate surface area is 163 Å². The Morgan fingerprint density at radius 1 is 0.964 bits per heavy atom. The standard InChI is InChI=1S/C21H26F3NO3/c1-20(2,12-15-4-8-18(27-3)9-5-15)25-13-17(26)14-28-19-10-6-16(7-11-19)21(22,23)24/h4-11,17,25-26H,12-14H2,1-3H3. The summed E-state index contributed by atoms with van der Waals surface area (Å²) in [7, 11) is 1.62. The second-order valence-corrected chi connectivity index (χ2v) is 7.28. The normalized spacial score (nSPS) is 13.2. The fourth-order valence-corrected chi connectivity index (χ4v) is 2.70. The molecule has 0 saturated carbocycles. The Balaban J connectivity index is 1.78. The molecule has 2 aromatic rings. The Bertz CT molecular complexity index is 728. The van der Waals surface area contributed by atoms with Gasteiger partial charge in [-0.15, -0.1) is 0 Å². The summed E-state index contributed by atoms with van der Waals surface area (Å²) in [6.07, 6.45) is -4.42. The molecule has 0 aliphatic heterocycles. The van der Waals surface area contributed by atoms with E-state index in [0.29, 0.717) is 6.54 Å². The van der Waals surface area contributed by atoms with Crippen LogP contribution in [0.5, 0.6) is 11.5 Å². The van der Waals surface area contributed by atoms with Crippen molar-refractivity contribution in [1.29, 1.82) is 0 Å². The fraction of sp³-hybridized carbons (Fsp3) is 0.429. The van der Waals surface area contributed by atoms with Crippen molar-refractivity contribution >= 4 is 0 Å². The van der Waals surface area contributed by atoms with Gasteiger partial charge in [-0.25, -0.2) is 0 Å². The maximum atomic E-state index is 12.5. The summed E-state index contributed by atoms with van der Waals surface area (Å²) in [4.78, 5) is 0. The van der Waals surface area contributed by atoms with Crippen molar-refractivity contribution in [2.45, 2.75) is 38.1 Å². The van der Waals surface area contributed by atoms with E-state index in [1.165, 1.54) is 12.1 Å². The van der Waals surface area contributed by atoms with Crippen molar-refractivity contribution in [1.82, 2.24) is 5.32 Å².